The number of para-hydroxylation sites is 1. The second-order valence-electron chi connectivity index (χ2n) is 5.93. The van der Waals surface area contributed by atoms with Gasteiger partial charge in [0.25, 0.3) is 0 Å². The lowest BCUT2D eigenvalue weighted by Crippen LogP contribution is -2.26. The second kappa shape index (κ2) is 9.88. The lowest BCUT2D eigenvalue weighted by atomic mass is 10.1. The number of nitrogens with one attached hydrogen (secondary N) is 1. The number of ether oxygens (including phenoxy) is 3. The summed E-state index contributed by atoms with van der Waals surface area (Å²) in [6, 6.07) is 9.44. The molecule has 2 aromatic carbocycles. The van der Waals surface area contributed by atoms with Crippen LogP contribution in [0.3, 0.4) is 0 Å². The highest BCUT2D eigenvalue weighted by Gasteiger charge is 2.10. The number of amides is 1. The van der Waals surface area contributed by atoms with Crippen molar-refractivity contribution in [2.45, 2.75) is 13.8 Å². The fourth-order valence-corrected chi connectivity index (χ4v) is 2.92. The lowest BCUT2D eigenvalue weighted by molar-refractivity contribution is -0.116. The quantitative estimate of drug-likeness (QED) is 0.543. The Kier molecular flexibility index (Phi) is 7.55. The van der Waals surface area contributed by atoms with Crippen LogP contribution in [0.4, 0.5) is 0 Å². The predicted octanol–water partition coefficient (Wildman–Crippen LogP) is 4.18. The first-order valence-corrected chi connectivity index (χ1v) is 8.90. The molecule has 0 aliphatic carbocycles. The Morgan fingerprint density at radius 2 is 1.81 bits per heavy atom. The van der Waals surface area contributed by atoms with Crippen molar-refractivity contribution in [3.05, 3.63) is 58.1 Å². The Balaban J connectivity index is 1.88. The first-order chi connectivity index (χ1) is 13.0. The average molecular weight is 390 g/mol. The number of carbonyl (C=O) groups excluding carboxylic acids is 1. The molecular weight excluding hydrogens is 366 g/mol. The summed E-state index contributed by atoms with van der Waals surface area (Å²) >= 11 is 6.16. The number of aryl methyl sites for hydroxylation is 2. The monoisotopic (exact) mass is 389 g/mol. The highest BCUT2D eigenvalue weighted by molar-refractivity contribution is 6.32. The Hall–Kier alpha value is -2.66. The normalized spacial score (nSPS) is 10.7. The van der Waals surface area contributed by atoms with Crippen LogP contribution in [0.5, 0.6) is 17.2 Å². The maximum absolute atomic E-state index is 12.0. The van der Waals surface area contributed by atoms with Crippen LogP contribution in [0.15, 0.2) is 36.4 Å². The first kappa shape index (κ1) is 20.6. The van der Waals surface area contributed by atoms with Crippen molar-refractivity contribution in [2.75, 3.05) is 27.4 Å². The van der Waals surface area contributed by atoms with Gasteiger partial charge >= 0.3 is 0 Å². The SMILES string of the molecule is COc1cc(/C=C/C(=O)NCCOc2c(C)cccc2C)cc(Cl)c1OC. The lowest BCUT2D eigenvalue weighted by Gasteiger charge is -2.12. The molecule has 0 fully saturated rings. The molecule has 0 unspecified atom stereocenters. The van der Waals surface area contributed by atoms with Crippen molar-refractivity contribution in [3.63, 3.8) is 0 Å². The predicted molar refractivity (Wildman–Crippen MR) is 108 cm³/mol. The summed E-state index contributed by atoms with van der Waals surface area (Å²) in [4.78, 5) is 12.0. The maximum Gasteiger partial charge on any atom is 0.244 e. The standard InChI is InChI=1S/C21H24ClNO4/c1-14-6-5-7-15(2)20(14)27-11-10-23-19(24)9-8-16-12-17(22)21(26-4)18(13-16)25-3/h5-9,12-13H,10-11H2,1-4H3,(H,23,24)/b9-8+. The van der Waals surface area contributed by atoms with E-state index in [1.807, 2.05) is 32.0 Å². The number of hydrogen-bond acceptors (Lipinski definition) is 4. The number of methoxy groups -OCH3 is 2. The molecule has 0 aliphatic rings. The summed E-state index contributed by atoms with van der Waals surface area (Å²) in [5, 5.41) is 3.20. The molecule has 0 aromatic heterocycles. The zero-order chi connectivity index (χ0) is 19.8. The molecule has 0 atom stereocenters. The maximum atomic E-state index is 12.0. The van der Waals surface area contributed by atoms with E-state index in [0.29, 0.717) is 29.7 Å². The highest BCUT2D eigenvalue weighted by Crippen LogP contribution is 2.36. The third kappa shape index (κ3) is 5.66. The van der Waals surface area contributed by atoms with Crippen LogP contribution >= 0.6 is 11.6 Å². The summed E-state index contributed by atoms with van der Waals surface area (Å²) in [7, 11) is 3.05. The second-order valence-corrected chi connectivity index (χ2v) is 6.34. The molecule has 5 nitrogen and oxygen atoms in total. The van der Waals surface area contributed by atoms with Gasteiger partial charge in [0.15, 0.2) is 11.5 Å². The molecule has 0 heterocycles. The highest BCUT2D eigenvalue weighted by atomic mass is 35.5. The van der Waals surface area contributed by atoms with Gasteiger partial charge in [-0.1, -0.05) is 29.8 Å². The van der Waals surface area contributed by atoms with Crippen LogP contribution in [0.25, 0.3) is 6.08 Å². The Labute approximate surface area is 164 Å². The van der Waals surface area contributed by atoms with Gasteiger partial charge in [-0.3, -0.25) is 4.79 Å². The van der Waals surface area contributed by atoms with Crippen molar-refractivity contribution in [1.29, 1.82) is 0 Å². The average Bonchev–Trinajstić information content (AvgIpc) is 2.64. The Morgan fingerprint density at radius 3 is 2.44 bits per heavy atom. The third-order valence-corrected chi connectivity index (χ3v) is 4.22. The van der Waals surface area contributed by atoms with Gasteiger partial charge < -0.3 is 19.5 Å². The van der Waals surface area contributed by atoms with E-state index in [1.165, 1.54) is 20.3 Å². The molecule has 27 heavy (non-hydrogen) atoms. The van der Waals surface area contributed by atoms with Gasteiger partial charge in [0.05, 0.1) is 25.8 Å². The number of benzene rings is 2. The smallest absolute Gasteiger partial charge is 0.244 e. The van der Waals surface area contributed by atoms with Crippen molar-refractivity contribution < 1.29 is 19.0 Å². The minimum absolute atomic E-state index is 0.217. The molecule has 144 valence electrons. The van der Waals surface area contributed by atoms with E-state index in [0.717, 1.165) is 22.4 Å². The Morgan fingerprint density at radius 1 is 1.11 bits per heavy atom. The van der Waals surface area contributed by atoms with Crippen LogP contribution in [0, 0.1) is 13.8 Å². The van der Waals surface area contributed by atoms with Crippen molar-refractivity contribution in [1.82, 2.24) is 5.32 Å². The molecule has 2 rings (SSSR count). The number of halogens is 1. The Bertz CT molecular complexity index is 813. The molecule has 0 saturated carbocycles. The van der Waals surface area contributed by atoms with Gasteiger partial charge in [0.1, 0.15) is 12.4 Å². The number of carbonyl (C=O) groups is 1. The van der Waals surface area contributed by atoms with Crippen LogP contribution in [0.2, 0.25) is 5.02 Å². The number of hydrogen-bond donors (Lipinski definition) is 1. The van der Waals surface area contributed by atoms with Crippen LogP contribution in [0.1, 0.15) is 16.7 Å². The molecule has 1 amide bonds. The van der Waals surface area contributed by atoms with Crippen LogP contribution in [-0.2, 0) is 4.79 Å². The van der Waals surface area contributed by atoms with E-state index < -0.39 is 0 Å². The van der Waals surface area contributed by atoms with Gasteiger partial charge in [-0.2, -0.15) is 0 Å². The molecule has 6 heteroatoms. The zero-order valence-electron chi connectivity index (χ0n) is 16.0. The fraction of sp³-hybridized carbons (Fsp3) is 0.286. The summed E-state index contributed by atoms with van der Waals surface area (Å²) < 4.78 is 16.2. The van der Waals surface area contributed by atoms with Gasteiger partial charge in [0, 0.05) is 6.08 Å². The largest absolute Gasteiger partial charge is 0.493 e. The number of rotatable bonds is 8. The molecular formula is C21H24ClNO4. The van der Waals surface area contributed by atoms with E-state index in [4.69, 9.17) is 25.8 Å². The molecule has 0 saturated heterocycles. The van der Waals surface area contributed by atoms with E-state index >= 15 is 0 Å². The van der Waals surface area contributed by atoms with Gasteiger partial charge in [-0.05, 0) is 48.7 Å². The van der Waals surface area contributed by atoms with E-state index in [-0.39, 0.29) is 5.91 Å². The minimum Gasteiger partial charge on any atom is -0.493 e. The molecule has 0 spiro atoms. The van der Waals surface area contributed by atoms with Crippen LogP contribution in [-0.4, -0.2) is 33.3 Å². The van der Waals surface area contributed by atoms with Gasteiger partial charge in [-0.15, -0.1) is 0 Å². The summed E-state index contributed by atoms with van der Waals surface area (Å²) in [6.45, 7) is 4.80. The molecule has 1 N–H and O–H groups in total. The van der Waals surface area contributed by atoms with Crippen molar-refractivity contribution >= 4 is 23.6 Å². The van der Waals surface area contributed by atoms with Gasteiger partial charge in [-0.25, -0.2) is 0 Å². The van der Waals surface area contributed by atoms with Crippen molar-refractivity contribution in [2.24, 2.45) is 0 Å². The summed E-state index contributed by atoms with van der Waals surface area (Å²) in [5.41, 5.74) is 2.89. The zero-order valence-corrected chi connectivity index (χ0v) is 16.7. The first-order valence-electron chi connectivity index (χ1n) is 8.52. The van der Waals surface area contributed by atoms with E-state index in [9.17, 15) is 4.79 Å². The van der Waals surface area contributed by atoms with E-state index in [1.54, 1.807) is 18.2 Å². The van der Waals surface area contributed by atoms with Crippen molar-refractivity contribution in [3.8, 4) is 17.2 Å². The molecule has 0 radical (unpaired) electrons. The minimum atomic E-state index is -0.217. The molecule has 2 aromatic rings. The third-order valence-electron chi connectivity index (χ3n) is 3.94. The fourth-order valence-electron chi connectivity index (χ4n) is 2.62. The van der Waals surface area contributed by atoms with E-state index in [2.05, 4.69) is 5.32 Å². The van der Waals surface area contributed by atoms with Gasteiger partial charge in [0.2, 0.25) is 5.91 Å². The molecule has 0 bridgehead atoms. The summed E-state index contributed by atoms with van der Waals surface area (Å²) in [5.74, 6) is 1.62. The van der Waals surface area contributed by atoms with Crippen LogP contribution < -0.4 is 19.5 Å². The topological polar surface area (TPSA) is 56.8 Å². The molecule has 0 aliphatic heterocycles. The summed E-state index contributed by atoms with van der Waals surface area (Å²) in [6.07, 6.45) is 3.10.